The van der Waals surface area contributed by atoms with Crippen LogP contribution >= 0.6 is 11.6 Å². The molecule has 2 aliphatic heterocycles. The minimum absolute atomic E-state index is 0.185. The van der Waals surface area contributed by atoms with E-state index in [9.17, 15) is 13.2 Å². The van der Waals surface area contributed by atoms with Crippen LogP contribution in [0.3, 0.4) is 0 Å². The van der Waals surface area contributed by atoms with Gasteiger partial charge in [-0.2, -0.15) is 4.31 Å². The van der Waals surface area contributed by atoms with Gasteiger partial charge >= 0.3 is 0 Å². The molecule has 7 nitrogen and oxygen atoms in total. The SMILES string of the molecule is O=C(Nc1cc2c(cc1Cl)OCCO2)C1CCN(S(=O)(=O)/C=C/c2ccccc2)CC1. The number of sulfonamides is 1. The summed E-state index contributed by atoms with van der Waals surface area (Å²) in [7, 11) is -3.54. The van der Waals surface area contributed by atoms with E-state index >= 15 is 0 Å². The molecule has 9 heteroatoms. The number of amides is 1. The third-order valence-electron chi connectivity index (χ3n) is 5.31. The molecule has 4 rings (SSSR count). The first kappa shape index (κ1) is 21.7. The van der Waals surface area contributed by atoms with Crippen molar-refractivity contribution >= 4 is 39.3 Å². The number of piperidine rings is 1. The molecule has 2 heterocycles. The van der Waals surface area contributed by atoms with E-state index in [1.54, 1.807) is 18.2 Å². The minimum atomic E-state index is -3.54. The van der Waals surface area contributed by atoms with Gasteiger partial charge in [-0.25, -0.2) is 8.42 Å². The molecule has 2 aromatic carbocycles. The highest BCUT2D eigenvalue weighted by atomic mass is 35.5. The van der Waals surface area contributed by atoms with Crippen molar-refractivity contribution in [2.45, 2.75) is 12.8 Å². The number of hydrogen-bond donors (Lipinski definition) is 1. The fourth-order valence-electron chi connectivity index (χ4n) is 3.58. The Bertz CT molecular complexity index is 1080. The zero-order chi connectivity index (χ0) is 21.8. The van der Waals surface area contributed by atoms with Crippen molar-refractivity contribution in [2.24, 2.45) is 5.92 Å². The molecule has 0 aromatic heterocycles. The van der Waals surface area contributed by atoms with Crippen molar-refractivity contribution in [3.05, 3.63) is 58.5 Å². The zero-order valence-electron chi connectivity index (χ0n) is 16.8. The number of carbonyl (C=O) groups is 1. The van der Waals surface area contributed by atoms with Crippen molar-refractivity contribution in [1.29, 1.82) is 0 Å². The van der Waals surface area contributed by atoms with Crippen LogP contribution in [0, 0.1) is 5.92 Å². The van der Waals surface area contributed by atoms with Gasteiger partial charge in [-0.15, -0.1) is 0 Å². The second-order valence-corrected chi connectivity index (χ2v) is 9.62. The third-order valence-corrected chi connectivity index (χ3v) is 7.18. The van der Waals surface area contributed by atoms with Crippen LogP contribution in [-0.2, 0) is 14.8 Å². The maximum atomic E-state index is 12.7. The molecule has 2 aliphatic rings. The molecule has 0 unspecified atom stereocenters. The number of benzene rings is 2. The van der Waals surface area contributed by atoms with E-state index in [1.165, 1.54) is 9.71 Å². The molecule has 1 fully saturated rings. The highest BCUT2D eigenvalue weighted by Gasteiger charge is 2.30. The van der Waals surface area contributed by atoms with Crippen LogP contribution in [0.25, 0.3) is 6.08 Å². The zero-order valence-corrected chi connectivity index (χ0v) is 18.4. The second kappa shape index (κ2) is 9.30. The number of carbonyl (C=O) groups excluding carboxylic acids is 1. The number of fused-ring (bicyclic) bond motifs is 1. The highest BCUT2D eigenvalue weighted by molar-refractivity contribution is 7.92. The fraction of sp³-hybridized carbons (Fsp3) is 0.318. The summed E-state index contributed by atoms with van der Waals surface area (Å²) < 4.78 is 37.6. The van der Waals surface area contributed by atoms with Gasteiger partial charge < -0.3 is 14.8 Å². The van der Waals surface area contributed by atoms with Gasteiger partial charge in [0.15, 0.2) is 11.5 Å². The number of ether oxygens (including phenoxy) is 2. The predicted molar refractivity (Wildman–Crippen MR) is 120 cm³/mol. The average molecular weight is 463 g/mol. The summed E-state index contributed by atoms with van der Waals surface area (Å²) in [6.45, 7) is 1.47. The minimum Gasteiger partial charge on any atom is -0.486 e. The molecule has 2 aromatic rings. The van der Waals surface area contributed by atoms with Crippen molar-refractivity contribution < 1.29 is 22.7 Å². The number of nitrogens with one attached hydrogen (secondary N) is 1. The predicted octanol–water partition coefficient (Wildman–Crippen LogP) is 3.76. The molecule has 0 radical (unpaired) electrons. The molecule has 1 saturated heterocycles. The van der Waals surface area contributed by atoms with Crippen molar-refractivity contribution in [2.75, 3.05) is 31.6 Å². The maximum Gasteiger partial charge on any atom is 0.236 e. The lowest BCUT2D eigenvalue weighted by atomic mass is 9.97. The molecule has 1 N–H and O–H groups in total. The van der Waals surface area contributed by atoms with E-state index in [4.69, 9.17) is 21.1 Å². The first-order valence-corrected chi connectivity index (χ1v) is 11.9. The topological polar surface area (TPSA) is 84.9 Å². The lowest BCUT2D eigenvalue weighted by molar-refractivity contribution is -0.120. The molecule has 0 saturated carbocycles. The molecular formula is C22H23ClN2O5S. The van der Waals surface area contributed by atoms with E-state index in [1.807, 2.05) is 30.3 Å². The molecule has 0 spiro atoms. The third kappa shape index (κ3) is 5.20. The van der Waals surface area contributed by atoms with Gasteiger partial charge in [-0.3, -0.25) is 4.79 Å². The van der Waals surface area contributed by atoms with E-state index in [0.717, 1.165) is 5.56 Å². The van der Waals surface area contributed by atoms with Crippen molar-refractivity contribution in [3.63, 3.8) is 0 Å². The normalized spacial score (nSPS) is 17.6. The van der Waals surface area contributed by atoms with Crippen LogP contribution in [0.5, 0.6) is 11.5 Å². The van der Waals surface area contributed by atoms with E-state index in [0.29, 0.717) is 48.3 Å². The largest absolute Gasteiger partial charge is 0.486 e. The van der Waals surface area contributed by atoms with Gasteiger partial charge in [0.25, 0.3) is 0 Å². The van der Waals surface area contributed by atoms with Crippen LogP contribution in [0.2, 0.25) is 5.02 Å². The first-order valence-electron chi connectivity index (χ1n) is 10.1. The average Bonchev–Trinajstić information content (AvgIpc) is 2.79. The van der Waals surface area contributed by atoms with Gasteiger partial charge in [0.2, 0.25) is 15.9 Å². The van der Waals surface area contributed by atoms with Crippen LogP contribution < -0.4 is 14.8 Å². The summed E-state index contributed by atoms with van der Waals surface area (Å²) >= 11 is 6.27. The Morgan fingerprint density at radius 1 is 1.06 bits per heavy atom. The Labute approximate surface area is 186 Å². The molecule has 31 heavy (non-hydrogen) atoms. The number of rotatable bonds is 5. The lowest BCUT2D eigenvalue weighted by Crippen LogP contribution is -2.40. The Balaban J connectivity index is 1.35. The van der Waals surface area contributed by atoms with Gasteiger partial charge in [-0.1, -0.05) is 41.9 Å². The smallest absolute Gasteiger partial charge is 0.236 e. The highest BCUT2D eigenvalue weighted by Crippen LogP contribution is 2.38. The fourth-order valence-corrected chi connectivity index (χ4v) is 5.00. The summed E-state index contributed by atoms with van der Waals surface area (Å²) in [5, 5.41) is 4.43. The summed E-state index contributed by atoms with van der Waals surface area (Å²) in [4.78, 5) is 12.7. The van der Waals surface area contributed by atoms with Gasteiger partial charge in [0.05, 0.1) is 10.7 Å². The Hall–Kier alpha value is -2.55. The summed E-state index contributed by atoms with van der Waals surface area (Å²) in [6.07, 6.45) is 2.46. The Kier molecular flexibility index (Phi) is 6.50. The van der Waals surface area contributed by atoms with E-state index in [-0.39, 0.29) is 24.9 Å². The summed E-state index contributed by atoms with van der Waals surface area (Å²) in [6, 6.07) is 12.5. The number of halogens is 1. The molecular weight excluding hydrogens is 440 g/mol. The van der Waals surface area contributed by atoms with E-state index in [2.05, 4.69) is 5.32 Å². The van der Waals surface area contributed by atoms with Crippen LogP contribution in [0.15, 0.2) is 47.9 Å². The van der Waals surface area contributed by atoms with Gasteiger partial charge in [0.1, 0.15) is 13.2 Å². The number of hydrogen-bond acceptors (Lipinski definition) is 5. The second-order valence-electron chi connectivity index (χ2n) is 7.40. The first-order chi connectivity index (χ1) is 14.9. The molecule has 1 amide bonds. The summed E-state index contributed by atoms with van der Waals surface area (Å²) in [5.74, 6) is 0.609. The molecule has 0 bridgehead atoms. The van der Waals surface area contributed by atoms with E-state index < -0.39 is 10.0 Å². The summed E-state index contributed by atoms with van der Waals surface area (Å²) in [5.41, 5.74) is 1.27. The number of nitrogens with zero attached hydrogens (tertiary/aromatic N) is 1. The van der Waals surface area contributed by atoms with Gasteiger partial charge in [0, 0.05) is 36.5 Å². The Morgan fingerprint density at radius 2 is 1.71 bits per heavy atom. The Morgan fingerprint density at radius 3 is 2.39 bits per heavy atom. The maximum absolute atomic E-state index is 12.7. The standard InChI is InChI=1S/C22H23ClN2O5S/c23-18-14-20-21(30-12-11-29-20)15-19(18)24-22(26)17-6-9-25(10-7-17)31(27,28)13-8-16-4-2-1-3-5-16/h1-5,8,13-15,17H,6-7,9-12H2,(H,24,26)/b13-8+. The van der Waals surface area contributed by atoms with Crippen LogP contribution in [-0.4, -0.2) is 44.9 Å². The van der Waals surface area contributed by atoms with Crippen molar-refractivity contribution in [3.8, 4) is 11.5 Å². The van der Waals surface area contributed by atoms with Crippen LogP contribution in [0.4, 0.5) is 5.69 Å². The molecule has 0 aliphatic carbocycles. The van der Waals surface area contributed by atoms with Crippen molar-refractivity contribution in [1.82, 2.24) is 4.31 Å². The molecule has 0 atom stereocenters. The lowest BCUT2D eigenvalue weighted by Gasteiger charge is -2.29. The molecule has 164 valence electrons. The number of anilines is 1. The quantitative estimate of drug-likeness (QED) is 0.731. The monoisotopic (exact) mass is 462 g/mol. The van der Waals surface area contributed by atoms with Gasteiger partial charge in [-0.05, 0) is 24.5 Å². The van der Waals surface area contributed by atoms with Crippen LogP contribution in [0.1, 0.15) is 18.4 Å².